The molecule has 0 radical (unpaired) electrons. The maximum atomic E-state index is 12.6. The van der Waals surface area contributed by atoms with Crippen LogP contribution in [0, 0.1) is 0 Å². The van der Waals surface area contributed by atoms with E-state index in [0.717, 1.165) is 5.56 Å². The molecule has 3 aromatic rings. The Hall–Kier alpha value is -3.02. The second-order valence-electron chi connectivity index (χ2n) is 6.35. The molecule has 5 nitrogen and oxygen atoms in total. The van der Waals surface area contributed by atoms with Gasteiger partial charge < -0.3 is 15.5 Å². The maximum Gasteiger partial charge on any atom is 0.319 e. The average molecular weight is 428 g/mol. The van der Waals surface area contributed by atoms with Crippen LogP contribution in [0.3, 0.4) is 0 Å². The predicted molar refractivity (Wildman–Crippen MR) is 118 cm³/mol. The second kappa shape index (κ2) is 9.45. The highest BCUT2D eigenvalue weighted by atomic mass is 35.5. The standard InChI is InChI=1S/C22H19Cl2N3O2/c1-27(21(28)16-4-8-18(24)9-5-16)20-12-10-19(11-13-20)26-22(29)25-14-15-2-6-17(23)7-3-15/h2-13H,14H2,1H3,(H2,25,26,29). The molecular weight excluding hydrogens is 409 g/mol. The van der Waals surface area contributed by atoms with Crippen LogP contribution in [0.2, 0.25) is 10.0 Å². The smallest absolute Gasteiger partial charge is 0.319 e. The molecule has 0 unspecified atom stereocenters. The van der Waals surface area contributed by atoms with E-state index in [1.54, 1.807) is 67.7 Å². The minimum absolute atomic E-state index is 0.150. The highest BCUT2D eigenvalue weighted by Gasteiger charge is 2.13. The Kier molecular flexibility index (Phi) is 6.75. The number of rotatable bonds is 5. The van der Waals surface area contributed by atoms with E-state index in [1.165, 1.54) is 4.90 Å². The zero-order chi connectivity index (χ0) is 20.8. The van der Waals surface area contributed by atoms with Crippen molar-refractivity contribution in [2.45, 2.75) is 6.54 Å². The van der Waals surface area contributed by atoms with E-state index in [0.29, 0.717) is 33.5 Å². The summed E-state index contributed by atoms with van der Waals surface area (Å²) in [4.78, 5) is 26.2. The molecule has 29 heavy (non-hydrogen) atoms. The van der Waals surface area contributed by atoms with Crippen molar-refractivity contribution < 1.29 is 9.59 Å². The van der Waals surface area contributed by atoms with Crippen LogP contribution in [-0.2, 0) is 6.54 Å². The van der Waals surface area contributed by atoms with E-state index in [2.05, 4.69) is 10.6 Å². The number of amides is 3. The van der Waals surface area contributed by atoms with E-state index in [1.807, 2.05) is 12.1 Å². The van der Waals surface area contributed by atoms with Crippen LogP contribution >= 0.6 is 23.2 Å². The molecule has 148 valence electrons. The van der Waals surface area contributed by atoms with Crippen molar-refractivity contribution in [2.75, 3.05) is 17.3 Å². The summed E-state index contributed by atoms with van der Waals surface area (Å²) >= 11 is 11.7. The van der Waals surface area contributed by atoms with Crippen LogP contribution in [-0.4, -0.2) is 19.0 Å². The van der Waals surface area contributed by atoms with Gasteiger partial charge in [-0.05, 0) is 66.2 Å². The number of hydrogen-bond acceptors (Lipinski definition) is 2. The molecule has 0 bridgehead atoms. The number of carbonyl (C=O) groups excluding carboxylic acids is 2. The molecular formula is C22H19Cl2N3O2. The zero-order valence-electron chi connectivity index (χ0n) is 15.7. The summed E-state index contributed by atoms with van der Waals surface area (Å²) in [6, 6.07) is 20.7. The van der Waals surface area contributed by atoms with Crippen molar-refractivity contribution in [3.63, 3.8) is 0 Å². The van der Waals surface area contributed by atoms with Crippen molar-refractivity contribution in [1.29, 1.82) is 0 Å². The third-order valence-electron chi connectivity index (χ3n) is 4.27. The number of benzene rings is 3. The first-order valence-corrected chi connectivity index (χ1v) is 9.61. The van der Waals surface area contributed by atoms with Gasteiger partial charge in [-0.3, -0.25) is 4.79 Å². The fourth-order valence-electron chi connectivity index (χ4n) is 2.63. The summed E-state index contributed by atoms with van der Waals surface area (Å²) in [5, 5.41) is 6.77. The van der Waals surface area contributed by atoms with E-state index in [4.69, 9.17) is 23.2 Å². The molecule has 0 aliphatic heterocycles. The van der Waals surface area contributed by atoms with Crippen LogP contribution in [0.25, 0.3) is 0 Å². The van der Waals surface area contributed by atoms with Crippen LogP contribution in [0.5, 0.6) is 0 Å². The molecule has 3 rings (SSSR count). The largest absolute Gasteiger partial charge is 0.334 e. The van der Waals surface area contributed by atoms with E-state index in [-0.39, 0.29) is 11.9 Å². The molecule has 0 aliphatic rings. The highest BCUT2D eigenvalue weighted by Crippen LogP contribution is 2.20. The van der Waals surface area contributed by atoms with E-state index >= 15 is 0 Å². The monoisotopic (exact) mass is 427 g/mol. The molecule has 3 aromatic carbocycles. The molecule has 0 spiro atoms. The Morgan fingerprint density at radius 1 is 0.828 bits per heavy atom. The summed E-state index contributed by atoms with van der Waals surface area (Å²) < 4.78 is 0. The topological polar surface area (TPSA) is 61.4 Å². The van der Waals surface area contributed by atoms with Crippen LogP contribution in [0.4, 0.5) is 16.2 Å². The first-order chi connectivity index (χ1) is 13.9. The fraction of sp³-hybridized carbons (Fsp3) is 0.0909. The zero-order valence-corrected chi connectivity index (χ0v) is 17.2. The summed E-state index contributed by atoms with van der Waals surface area (Å²) in [5.41, 5.74) is 2.81. The Morgan fingerprint density at radius 2 is 1.38 bits per heavy atom. The van der Waals surface area contributed by atoms with Crippen LogP contribution < -0.4 is 15.5 Å². The van der Waals surface area contributed by atoms with Crippen molar-refractivity contribution in [3.05, 3.63) is 94.0 Å². The third-order valence-corrected chi connectivity index (χ3v) is 4.78. The molecule has 7 heteroatoms. The van der Waals surface area contributed by atoms with Crippen LogP contribution in [0.15, 0.2) is 72.8 Å². The van der Waals surface area contributed by atoms with Gasteiger partial charge in [0, 0.05) is 40.6 Å². The van der Waals surface area contributed by atoms with Gasteiger partial charge in [-0.2, -0.15) is 0 Å². The summed E-state index contributed by atoms with van der Waals surface area (Å²) in [5.74, 6) is -0.150. The van der Waals surface area contributed by atoms with Gasteiger partial charge in [-0.25, -0.2) is 4.79 Å². The van der Waals surface area contributed by atoms with Gasteiger partial charge in [0.2, 0.25) is 0 Å². The average Bonchev–Trinajstić information content (AvgIpc) is 2.73. The number of carbonyl (C=O) groups is 2. The maximum absolute atomic E-state index is 12.6. The van der Waals surface area contributed by atoms with Gasteiger partial charge in [0.1, 0.15) is 0 Å². The predicted octanol–water partition coefficient (Wildman–Crippen LogP) is 5.59. The number of nitrogens with one attached hydrogen (secondary N) is 2. The van der Waals surface area contributed by atoms with Gasteiger partial charge in [0.25, 0.3) is 5.91 Å². The molecule has 3 amide bonds. The van der Waals surface area contributed by atoms with Gasteiger partial charge >= 0.3 is 6.03 Å². The van der Waals surface area contributed by atoms with E-state index in [9.17, 15) is 9.59 Å². The third kappa shape index (κ3) is 5.73. The molecule has 0 saturated carbocycles. The normalized spacial score (nSPS) is 10.3. The Morgan fingerprint density at radius 3 is 1.97 bits per heavy atom. The van der Waals surface area contributed by atoms with Crippen molar-refractivity contribution in [3.8, 4) is 0 Å². The highest BCUT2D eigenvalue weighted by molar-refractivity contribution is 6.31. The summed E-state index contributed by atoms with van der Waals surface area (Å²) in [6.45, 7) is 0.388. The number of halogens is 2. The SMILES string of the molecule is CN(C(=O)c1ccc(Cl)cc1)c1ccc(NC(=O)NCc2ccc(Cl)cc2)cc1. The second-order valence-corrected chi connectivity index (χ2v) is 7.22. The lowest BCUT2D eigenvalue weighted by Crippen LogP contribution is -2.28. The van der Waals surface area contributed by atoms with Crippen LogP contribution in [0.1, 0.15) is 15.9 Å². The van der Waals surface area contributed by atoms with Gasteiger partial charge in [0.15, 0.2) is 0 Å². The Balaban J connectivity index is 1.56. The molecule has 0 aromatic heterocycles. The Bertz CT molecular complexity index is 988. The minimum atomic E-state index is -0.321. The summed E-state index contributed by atoms with van der Waals surface area (Å²) in [7, 11) is 1.69. The van der Waals surface area contributed by atoms with Gasteiger partial charge in [-0.1, -0.05) is 35.3 Å². The fourth-order valence-corrected chi connectivity index (χ4v) is 2.88. The number of urea groups is 1. The first-order valence-electron chi connectivity index (χ1n) is 8.85. The quantitative estimate of drug-likeness (QED) is 0.557. The molecule has 0 heterocycles. The Labute approximate surface area is 179 Å². The van der Waals surface area contributed by atoms with Gasteiger partial charge in [-0.15, -0.1) is 0 Å². The van der Waals surface area contributed by atoms with Crippen molar-refractivity contribution in [1.82, 2.24) is 5.32 Å². The molecule has 0 atom stereocenters. The number of nitrogens with zero attached hydrogens (tertiary/aromatic N) is 1. The molecule has 0 saturated heterocycles. The summed E-state index contributed by atoms with van der Waals surface area (Å²) in [6.07, 6.45) is 0. The first kappa shape index (κ1) is 20.7. The molecule has 2 N–H and O–H groups in total. The minimum Gasteiger partial charge on any atom is -0.334 e. The number of hydrogen-bond donors (Lipinski definition) is 2. The lowest BCUT2D eigenvalue weighted by atomic mass is 10.2. The van der Waals surface area contributed by atoms with Crippen molar-refractivity contribution in [2.24, 2.45) is 0 Å². The van der Waals surface area contributed by atoms with Crippen molar-refractivity contribution >= 4 is 46.5 Å². The lowest BCUT2D eigenvalue weighted by Gasteiger charge is -2.18. The number of anilines is 2. The molecule has 0 fully saturated rings. The van der Waals surface area contributed by atoms with Gasteiger partial charge in [0.05, 0.1) is 0 Å². The lowest BCUT2D eigenvalue weighted by molar-refractivity contribution is 0.0993. The molecule has 0 aliphatic carbocycles. The van der Waals surface area contributed by atoms with E-state index < -0.39 is 0 Å².